The van der Waals surface area contributed by atoms with E-state index in [1.807, 2.05) is 0 Å². The molecular weight excluding hydrogens is 320 g/mol. The van der Waals surface area contributed by atoms with Crippen molar-refractivity contribution in [2.75, 3.05) is 13.2 Å². The third kappa shape index (κ3) is 7.89. The summed E-state index contributed by atoms with van der Waals surface area (Å²) >= 11 is 8.46. The van der Waals surface area contributed by atoms with Crippen LogP contribution in [0.5, 0.6) is 0 Å². The Labute approximate surface area is 117 Å². The summed E-state index contributed by atoms with van der Waals surface area (Å²) in [6, 6.07) is 0. The van der Waals surface area contributed by atoms with Gasteiger partial charge >= 0.3 is 0 Å². The first kappa shape index (κ1) is 16.6. The minimum Gasteiger partial charge on any atom is -0.285 e. The largest absolute Gasteiger partial charge is 0.285 e. The van der Waals surface area contributed by atoms with Crippen LogP contribution in [0.25, 0.3) is 0 Å². The molecule has 1 fully saturated rings. The Morgan fingerprint density at radius 2 is 1.17 bits per heavy atom. The molecule has 2 unspecified atom stereocenters. The van der Waals surface area contributed by atoms with E-state index < -0.39 is 18.1 Å². The molecule has 2 N–H and O–H groups in total. The van der Waals surface area contributed by atoms with Crippen molar-refractivity contribution >= 4 is 40.5 Å². The molecular formula is C8H16O6S4. The van der Waals surface area contributed by atoms with Crippen LogP contribution < -0.4 is 0 Å². The SMILES string of the molecule is O=S(O)(=S)OCC1CCC(COS(=O)(O)=S)CC1. The molecule has 1 saturated carbocycles. The van der Waals surface area contributed by atoms with Gasteiger partial charge in [-0.3, -0.25) is 17.5 Å². The molecule has 0 radical (unpaired) electrons. The van der Waals surface area contributed by atoms with Gasteiger partial charge in [0, 0.05) is 22.4 Å². The van der Waals surface area contributed by atoms with Crippen LogP contribution >= 0.6 is 0 Å². The van der Waals surface area contributed by atoms with Gasteiger partial charge in [-0.25, -0.2) is 0 Å². The van der Waals surface area contributed by atoms with Crippen LogP contribution in [0.1, 0.15) is 25.7 Å². The van der Waals surface area contributed by atoms with Gasteiger partial charge in [-0.1, -0.05) is 0 Å². The molecule has 0 aromatic rings. The molecule has 0 amide bonds. The topological polar surface area (TPSA) is 93.1 Å². The van der Waals surface area contributed by atoms with Gasteiger partial charge in [0.2, 0.25) is 0 Å². The summed E-state index contributed by atoms with van der Waals surface area (Å²) in [5.41, 5.74) is 0. The molecule has 0 aromatic carbocycles. The van der Waals surface area contributed by atoms with Crippen molar-refractivity contribution in [2.24, 2.45) is 11.8 Å². The fourth-order valence-electron chi connectivity index (χ4n) is 1.93. The predicted molar refractivity (Wildman–Crippen MR) is 73.6 cm³/mol. The van der Waals surface area contributed by atoms with E-state index in [2.05, 4.69) is 30.7 Å². The summed E-state index contributed by atoms with van der Waals surface area (Å²) in [5, 5.41) is 0. The van der Waals surface area contributed by atoms with E-state index in [4.69, 9.17) is 9.11 Å². The zero-order valence-corrected chi connectivity index (χ0v) is 12.8. The Morgan fingerprint density at radius 1 is 0.889 bits per heavy atom. The standard InChI is InChI=1S/C8H16O6S4/c9-17(10,15)13-5-7-1-2-8(4-3-7)6-14-18(11,12)16/h7-8H,1-6H2,(H,9,10,15)(H,11,12,16). The number of rotatable bonds is 6. The molecule has 0 saturated heterocycles. The fourth-order valence-corrected chi connectivity index (χ4v) is 2.99. The smallest absolute Gasteiger partial charge is 0.266 e. The molecule has 0 aromatic heterocycles. The van der Waals surface area contributed by atoms with Gasteiger partial charge in [0.1, 0.15) is 0 Å². The average molecular weight is 336 g/mol. The minimum absolute atomic E-state index is 0.171. The molecule has 108 valence electrons. The van der Waals surface area contributed by atoms with Crippen LogP contribution in [0.3, 0.4) is 0 Å². The second-order valence-electron chi connectivity index (χ2n) is 4.31. The van der Waals surface area contributed by atoms with Crippen LogP contribution in [0.4, 0.5) is 0 Å². The summed E-state index contributed by atoms with van der Waals surface area (Å²) in [5.74, 6) is 0.387. The minimum atomic E-state index is -3.54. The Morgan fingerprint density at radius 3 is 1.39 bits per heavy atom. The van der Waals surface area contributed by atoms with Gasteiger partial charge in [0.15, 0.2) is 0 Å². The maximum absolute atomic E-state index is 10.8. The van der Waals surface area contributed by atoms with E-state index in [-0.39, 0.29) is 25.0 Å². The second kappa shape index (κ2) is 6.84. The van der Waals surface area contributed by atoms with Gasteiger partial charge in [-0.2, -0.15) is 8.42 Å². The molecule has 18 heavy (non-hydrogen) atoms. The highest BCUT2D eigenvalue weighted by Gasteiger charge is 2.23. The lowest BCUT2D eigenvalue weighted by molar-refractivity contribution is 0.149. The molecule has 0 spiro atoms. The van der Waals surface area contributed by atoms with Crippen molar-refractivity contribution in [1.82, 2.24) is 0 Å². The Kier molecular flexibility index (Phi) is 6.32. The van der Waals surface area contributed by atoms with Crippen LogP contribution in [0, 0.1) is 11.8 Å². The lowest BCUT2D eigenvalue weighted by Crippen LogP contribution is -2.23. The van der Waals surface area contributed by atoms with Gasteiger partial charge in [-0.15, -0.1) is 0 Å². The second-order valence-corrected chi connectivity index (χ2v) is 9.02. The van der Waals surface area contributed by atoms with Crippen molar-refractivity contribution < 1.29 is 25.9 Å². The zero-order chi connectivity index (χ0) is 13.8. The van der Waals surface area contributed by atoms with Gasteiger partial charge in [0.05, 0.1) is 13.2 Å². The highest BCUT2D eigenvalue weighted by molar-refractivity contribution is 8.27. The molecule has 1 aliphatic carbocycles. The van der Waals surface area contributed by atoms with Crippen LogP contribution in [0.2, 0.25) is 0 Å². The lowest BCUT2D eigenvalue weighted by atomic mass is 9.83. The highest BCUT2D eigenvalue weighted by atomic mass is 32.9. The van der Waals surface area contributed by atoms with E-state index in [1.165, 1.54) is 0 Å². The first-order chi connectivity index (χ1) is 8.16. The first-order valence-corrected chi connectivity index (χ1v) is 10.1. The number of hydrogen-bond donors (Lipinski definition) is 2. The van der Waals surface area contributed by atoms with E-state index in [0.717, 1.165) is 25.7 Å². The van der Waals surface area contributed by atoms with Crippen molar-refractivity contribution in [3.63, 3.8) is 0 Å². The Hall–Kier alpha value is 0.580. The summed E-state index contributed by atoms with van der Waals surface area (Å²) in [4.78, 5) is 0. The van der Waals surface area contributed by atoms with Crippen LogP contribution in [-0.2, 0) is 48.8 Å². The third-order valence-electron chi connectivity index (χ3n) is 2.87. The average Bonchev–Trinajstić information content (AvgIpc) is 2.23. The summed E-state index contributed by atoms with van der Waals surface area (Å²) in [6.07, 6.45) is 3.23. The van der Waals surface area contributed by atoms with E-state index in [0.29, 0.717) is 0 Å². The van der Waals surface area contributed by atoms with Crippen molar-refractivity contribution in [1.29, 1.82) is 0 Å². The molecule has 1 aliphatic rings. The van der Waals surface area contributed by atoms with Gasteiger partial charge in [0.25, 0.3) is 18.1 Å². The Balaban J connectivity index is 2.25. The predicted octanol–water partition coefficient (Wildman–Crippen LogP) is 1.09. The van der Waals surface area contributed by atoms with Gasteiger partial charge in [-0.05, 0) is 37.5 Å². The Bertz CT molecular complexity index is 404. The van der Waals surface area contributed by atoms with Crippen molar-refractivity contribution in [3.05, 3.63) is 0 Å². The third-order valence-corrected chi connectivity index (χ3v) is 4.32. The molecule has 0 heterocycles. The zero-order valence-electron chi connectivity index (χ0n) is 9.56. The maximum Gasteiger partial charge on any atom is 0.266 e. The summed E-state index contributed by atoms with van der Waals surface area (Å²) in [6.45, 7) is 0.342. The summed E-state index contributed by atoms with van der Waals surface area (Å²) in [7, 11) is -7.09. The van der Waals surface area contributed by atoms with Gasteiger partial charge < -0.3 is 0 Å². The van der Waals surface area contributed by atoms with E-state index >= 15 is 0 Å². The molecule has 0 bridgehead atoms. The quantitative estimate of drug-likeness (QED) is 0.745. The van der Waals surface area contributed by atoms with E-state index in [9.17, 15) is 8.42 Å². The maximum atomic E-state index is 10.8. The summed E-state index contributed by atoms with van der Waals surface area (Å²) < 4.78 is 48.5. The van der Waals surface area contributed by atoms with Crippen molar-refractivity contribution in [2.45, 2.75) is 25.7 Å². The lowest BCUT2D eigenvalue weighted by Gasteiger charge is -2.27. The first-order valence-electron chi connectivity index (χ1n) is 5.39. The molecule has 6 nitrogen and oxygen atoms in total. The highest BCUT2D eigenvalue weighted by Crippen LogP contribution is 2.29. The molecule has 1 rings (SSSR count). The number of hydrogen-bond acceptors (Lipinski definition) is 6. The molecule has 2 atom stereocenters. The monoisotopic (exact) mass is 336 g/mol. The van der Waals surface area contributed by atoms with Crippen molar-refractivity contribution in [3.8, 4) is 0 Å². The van der Waals surface area contributed by atoms with Crippen LogP contribution in [0.15, 0.2) is 0 Å². The fraction of sp³-hybridized carbons (Fsp3) is 1.00. The molecule has 10 heteroatoms. The molecule has 0 aliphatic heterocycles. The normalized spacial score (nSPS) is 31.4. The van der Waals surface area contributed by atoms with E-state index in [1.54, 1.807) is 0 Å². The van der Waals surface area contributed by atoms with Crippen LogP contribution in [-0.4, -0.2) is 30.7 Å².